The summed E-state index contributed by atoms with van der Waals surface area (Å²) in [6.45, 7) is 4.52. The van der Waals surface area contributed by atoms with Crippen LogP contribution in [0.1, 0.15) is 52.9 Å². The summed E-state index contributed by atoms with van der Waals surface area (Å²) in [6.07, 6.45) is -4.79. The van der Waals surface area contributed by atoms with Crippen molar-refractivity contribution in [1.82, 2.24) is 25.3 Å². The second-order valence-corrected chi connectivity index (χ2v) is 12.9. The number of aromatic nitrogens is 2. The minimum atomic E-state index is -4.79. The van der Waals surface area contributed by atoms with Gasteiger partial charge in [-0.05, 0) is 55.3 Å². The fourth-order valence-electron chi connectivity index (χ4n) is 5.28. The summed E-state index contributed by atoms with van der Waals surface area (Å²) in [4.78, 5) is 58.4. The Kier molecular flexibility index (Phi) is 8.49. The van der Waals surface area contributed by atoms with Crippen molar-refractivity contribution >= 4 is 35.5 Å². The summed E-state index contributed by atoms with van der Waals surface area (Å²) < 4.78 is 53.6. The van der Waals surface area contributed by atoms with Crippen LogP contribution < -0.4 is 10.1 Å². The fraction of sp³-hybridized carbons (Fsp3) is 0.273. The van der Waals surface area contributed by atoms with E-state index < -0.39 is 59.9 Å². The van der Waals surface area contributed by atoms with Gasteiger partial charge in [-0.2, -0.15) is 18.2 Å². The molecule has 1 unspecified atom stereocenters. The lowest BCUT2D eigenvalue weighted by Crippen LogP contribution is -2.54. The van der Waals surface area contributed by atoms with Crippen LogP contribution in [0.3, 0.4) is 0 Å². The average Bonchev–Trinajstić information content (AvgIpc) is 3.67. The van der Waals surface area contributed by atoms with E-state index in [1.165, 1.54) is 43.0 Å². The molecule has 1 N–H and O–H groups in total. The average molecular weight is 680 g/mol. The number of thioether (sulfide) groups is 1. The lowest BCUT2D eigenvalue weighted by molar-refractivity contribution is -0.138. The Labute approximate surface area is 276 Å². The van der Waals surface area contributed by atoms with Crippen LogP contribution >= 0.6 is 11.8 Å². The molecule has 4 aromatic rings. The number of hydrogen-bond donors (Lipinski definition) is 1. The van der Waals surface area contributed by atoms with Crippen LogP contribution in [0.4, 0.5) is 18.0 Å². The van der Waals surface area contributed by atoms with Crippen LogP contribution in [0.15, 0.2) is 76.1 Å². The molecule has 0 aliphatic carbocycles. The fourth-order valence-corrected chi connectivity index (χ4v) is 6.22. The monoisotopic (exact) mass is 679 g/mol. The van der Waals surface area contributed by atoms with Gasteiger partial charge in [0.2, 0.25) is 11.7 Å². The highest BCUT2D eigenvalue weighted by atomic mass is 32.2. The molecular formula is C33H28F3N5O6S. The van der Waals surface area contributed by atoms with Crippen LogP contribution in [0, 0.1) is 5.92 Å². The minimum absolute atomic E-state index is 0.0418. The number of amides is 5. The zero-order chi connectivity index (χ0) is 34.4. The predicted octanol–water partition coefficient (Wildman–Crippen LogP) is 6.40. The van der Waals surface area contributed by atoms with E-state index in [0.29, 0.717) is 10.8 Å². The number of nitrogens with zero attached hydrogens (tertiary/aromatic N) is 4. The summed E-state index contributed by atoms with van der Waals surface area (Å²) in [5.41, 5.74) is -2.38. The van der Waals surface area contributed by atoms with Crippen molar-refractivity contribution in [1.29, 1.82) is 0 Å². The van der Waals surface area contributed by atoms with Gasteiger partial charge in [0.25, 0.3) is 17.7 Å². The summed E-state index contributed by atoms with van der Waals surface area (Å²) in [7, 11) is 0. The largest absolute Gasteiger partial charge is 0.456 e. The molecule has 0 bridgehead atoms. The second kappa shape index (κ2) is 12.4. The molecule has 248 valence electrons. The van der Waals surface area contributed by atoms with Gasteiger partial charge >= 0.3 is 12.2 Å². The van der Waals surface area contributed by atoms with E-state index in [2.05, 4.69) is 15.5 Å². The van der Waals surface area contributed by atoms with Crippen molar-refractivity contribution in [2.75, 3.05) is 12.3 Å². The van der Waals surface area contributed by atoms with Crippen LogP contribution in [0.5, 0.6) is 11.5 Å². The number of fused-ring (bicyclic) bond motifs is 1. The Morgan fingerprint density at radius 3 is 2.27 bits per heavy atom. The number of halogens is 3. The third kappa shape index (κ3) is 6.24. The first-order chi connectivity index (χ1) is 22.7. The number of para-hydroxylation sites is 1. The van der Waals surface area contributed by atoms with E-state index in [4.69, 9.17) is 9.26 Å². The molecule has 1 atom stereocenters. The number of urea groups is 1. The molecular weight excluding hydrogens is 651 g/mol. The van der Waals surface area contributed by atoms with Crippen molar-refractivity contribution in [2.24, 2.45) is 5.92 Å². The zero-order valence-corrected chi connectivity index (χ0v) is 26.6. The van der Waals surface area contributed by atoms with Crippen LogP contribution in [-0.4, -0.2) is 61.5 Å². The van der Waals surface area contributed by atoms with Crippen molar-refractivity contribution in [3.8, 4) is 22.9 Å². The molecule has 48 heavy (non-hydrogen) atoms. The molecule has 1 aromatic heterocycles. The topological polar surface area (TPSA) is 135 Å². The van der Waals surface area contributed by atoms with Gasteiger partial charge < -0.3 is 14.6 Å². The Morgan fingerprint density at radius 1 is 0.938 bits per heavy atom. The quantitative estimate of drug-likeness (QED) is 0.115. The van der Waals surface area contributed by atoms with Gasteiger partial charge in [-0.1, -0.05) is 43.3 Å². The summed E-state index contributed by atoms with van der Waals surface area (Å²) in [6, 6.07) is 15.6. The second-order valence-electron chi connectivity index (χ2n) is 11.9. The van der Waals surface area contributed by atoms with E-state index >= 15 is 0 Å². The maximum Gasteiger partial charge on any atom is 0.420 e. The van der Waals surface area contributed by atoms with Crippen molar-refractivity contribution in [3.63, 3.8) is 0 Å². The number of rotatable bonds is 10. The summed E-state index contributed by atoms with van der Waals surface area (Å²) in [5.74, 6) is -1.42. The van der Waals surface area contributed by atoms with E-state index in [1.807, 2.05) is 13.8 Å². The van der Waals surface area contributed by atoms with Crippen LogP contribution in [0.2, 0.25) is 0 Å². The number of ether oxygens (including phenoxy) is 1. The van der Waals surface area contributed by atoms with Crippen molar-refractivity contribution < 1.29 is 41.6 Å². The van der Waals surface area contributed by atoms with Crippen LogP contribution in [0.25, 0.3) is 11.4 Å². The van der Waals surface area contributed by atoms with Crippen LogP contribution in [-0.2, 0) is 17.5 Å². The molecule has 2 aliphatic heterocycles. The van der Waals surface area contributed by atoms with E-state index in [9.17, 15) is 32.3 Å². The van der Waals surface area contributed by atoms with Gasteiger partial charge in [0.15, 0.2) is 0 Å². The summed E-state index contributed by atoms with van der Waals surface area (Å²) >= 11 is 1.48. The number of nitrogens with one attached hydrogen (secondary N) is 1. The SMILES string of the molecule is CC(C)CSc1ccccc1Oc1ccc(-c2noc(CN3C(=O)NC(C)(CN4C(=O)c5ccccc5C4=O)C3=O)n2)cc1C(F)(F)F. The maximum absolute atomic E-state index is 14.2. The molecule has 0 spiro atoms. The Hall–Kier alpha value is -5.18. The number of hydrogen-bond acceptors (Lipinski definition) is 9. The molecule has 1 saturated heterocycles. The smallest absolute Gasteiger partial charge is 0.420 e. The number of carbonyl (C=O) groups is 4. The van der Waals surface area contributed by atoms with Gasteiger partial charge in [0.1, 0.15) is 23.6 Å². The van der Waals surface area contributed by atoms with Crippen molar-refractivity contribution in [2.45, 2.75) is 43.9 Å². The van der Waals surface area contributed by atoms with Crippen molar-refractivity contribution in [3.05, 3.63) is 89.3 Å². The van der Waals surface area contributed by atoms with Gasteiger partial charge in [0, 0.05) is 11.3 Å². The molecule has 2 aliphatic rings. The first-order valence-corrected chi connectivity index (χ1v) is 15.8. The molecule has 3 heterocycles. The number of imide groups is 2. The highest BCUT2D eigenvalue weighted by Gasteiger charge is 2.52. The highest BCUT2D eigenvalue weighted by molar-refractivity contribution is 7.99. The highest BCUT2D eigenvalue weighted by Crippen LogP contribution is 2.42. The van der Waals surface area contributed by atoms with Gasteiger partial charge in [0.05, 0.1) is 28.1 Å². The standard InChI is InChI=1S/C33H28F3N5O6S/c1-18(2)16-48-25-11-7-6-10-24(25)46-23-13-12-19(14-22(23)33(34,35)36)27-37-26(47-39-27)15-40-30(44)32(3,38-31(40)45)17-41-28(42)20-8-4-5-9-21(20)29(41)43/h4-14,18H,15-17H2,1-3H3,(H,38,45). The molecule has 0 radical (unpaired) electrons. The van der Waals surface area contributed by atoms with E-state index in [-0.39, 0.29) is 34.2 Å². The molecule has 6 rings (SSSR count). The number of benzene rings is 3. The first kappa shape index (κ1) is 32.7. The minimum Gasteiger partial charge on any atom is -0.456 e. The van der Waals surface area contributed by atoms with E-state index in [1.54, 1.807) is 36.4 Å². The predicted molar refractivity (Wildman–Crippen MR) is 166 cm³/mol. The first-order valence-electron chi connectivity index (χ1n) is 14.8. The lowest BCUT2D eigenvalue weighted by Gasteiger charge is -2.26. The summed E-state index contributed by atoms with van der Waals surface area (Å²) in [5, 5.41) is 6.28. The molecule has 1 fully saturated rings. The Bertz CT molecular complexity index is 1910. The van der Waals surface area contributed by atoms with Gasteiger partial charge in [-0.15, -0.1) is 11.8 Å². The Balaban J connectivity index is 1.19. The number of alkyl halides is 3. The molecule has 5 amide bonds. The molecule has 11 nitrogen and oxygen atoms in total. The van der Waals surface area contributed by atoms with Gasteiger partial charge in [-0.3, -0.25) is 24.2 Å². The normalized spacial score (nSPS) is 17.8. The zero-order valence-electron chi connectivity index (χ0n) is 25.8. The maximum atomic E-state index is 14.2. The van der Waals surface area contributed by atoms with Gasteiger partial charge in [-0.25, -0.2) is 4.79 Å². The Morgan fingerprint density at radius 2 is 1.60 bits per heavy atom. The lowest BCUT2D eigenvalue weighted by atomic mass is 10.0. The number of carbonyl (C=O) groups excluding carboxylic acids is 4. The molecule has 3 aromatic carbocycles. The third-order valence-electron chi connectivity index (χ3n) is 7.64. The van der Waals surface area contributed by atoms with E-state index in [0.717, 1.165) is 21.6 Å². The third-order valence-corrected chi connectivity index (χ3v) is 9.13. The molecule has 15 heteroatoms. The molecule has 0 saturated carbocycles.